The first-order valence-corrected chi connectivity index (χ1v) is 12.4. The zero-order valence-electron chi connectivity index (χ0n) is 19.9. The van der Waals surface area contributed by atoms with E-state index in [-0.39, 0.29) is 11.7 Å². The Morgan fingerprint density at radius 3 is 2.44 bits per heavy atom. The van der Waals surface area contributed by atoms with Crippen LogP contribution in [0.2, 0.25) is 5.02 Å². The van der Waals surface area contributed by atoms with Crippen LogP contribution in [0, 0.1) is 0 Å². The largest absolute Gasteiger partial charge is 0.573 e. The molecule has 1 amide bonds. The number of ether oxygens (including phenoxy) is 1. The van der Waals surface area contributed by atoms with E-state index in [9.17, 15) is 18.0 Å². The summed E-state index contributed by atoms with van der Waals surface area (Å²) in [6.07, 6.45) is -1.98. The first-order chi connectivity index (χ1) is 17.2. The summed E-state index contributed by atoms with van der Waals surface area (Å²) in [5, 5.41) is 3.62. The Balaban J connectivity index is 1.57. The molecule has 190 valence electrons. The van der Waals surface area contributed by atoms with Crippen molar-refractivity contribution in [2.24, 2.45) is 0 Å². The molecule has 3 aromatic rings. The number of nitrogens with one attached hydrogen (secondary N) is 1. The summed E-state index contributed by atoms with van der Waals surface area (Å²) < 4.78 is 42.0. The fraction of sp³-hybridized carbons (Fsp3) is 0.321. The van der Waals surface area contributed by atoms with Gasteiger partial charge in [0.2, 0.25) is 0 Å². The maximum atomic E-state index is 13.7. The zero-order valence-corrected chi connectivity index (χ0v) is 20.7. The van der Waals surface area contributed by atoms with E-state index in [0.29, 0.717) is 53.8 Å². The van der Waals surface area contributed by atoms with E-state index in [1.54, 1.807) is 29.2 Å². The maximum absolute atomic E-state index is 13.7. The maximum Gasteiger partial charge on any atom is 0.573 e. The molecule has 0 saturated heterocycles. The number of alkyl halides is 3. The van der Waals surface area contributed by atoms with Gasteiger partial charge in [0.15, 0.2) is 0 Å². The number of anilines is 1. The van der Waals surface area contributed by atoms with E-state index >= 15 is 0 Å². The van der Waals surface area contributed by atoms with E-state index < -0.39 is 6.36 Å². The predicted octanol–water partition coefficient (Wildman–Crippen LogP) is 7.43. The van der Waals surface area contributed by atoms with Crippen molar-refractivity contribution in [3.63, 3.8) is 0 Å². The Morgan fingerprint density at radius 1 is 1.06 bits per heavy atom. The Hall–Kier alpha value is -3.19. The third kappa shape index (κ3) is 6.94. The second kappa shape index (κ2) is 11.2. The molecule has 1 aliphatic rings. The highest BCUT2D eigenvalue weighted by molar-refractivity contribution is 6.34. The number of benzene rings is 3. The van der Waals surface area contributed by atoms with Crippen LogP contribution in [-0.2, 0) is 13.0 Å². The molecule has 1 saturated carbocycles. The van der Waals surface area contributed by atoms with E-state index in [2.05, 4.69) is 22.2 Å². The van der Waals surface area contributed by atoms with E-state index in [1.165, 1.54) is 36.6 Å². The van der Waals surface area contributed by atoms with Gasteiger partial charge in [-0.05, 0) is 73.1 Å². The molecule has 1 aliphatic carbocycles. The average molecular weight is 517 g/mol. The lowest BCUT2D eigenvalue weighted by molar-refractivity contribution is -0.274. The molecule has 8 heteroatoms. The SMILES string of the molecule is CCNc1c(Cl)cccc1C(=O)N(CCc1cccc(OC(F)(F)F)c1)Cc1ccc(C2CC2)cc1. The van der Waals surface area contributed by atoms with Gasteiger partial charge in [0.1, 0.15) is 5.75 Å². The van der Waals surface area contributed by atoms with Crippen LogP contribution >= 0.6 is 11.6 Å². The summed E-state index contributed by atoms with van der Waals surface area (Å²) in [7, 11) is 0. The normalized spacial score (nSPS) is 13.4. The van der Waals surface area contributed by atoms with Crippen molar-refractivity contribution in [2.75, 3.05) is 18.4 Å². The second-order valence-corrected chi connectivity index (χ2v) is 9.29. The Morgan fingerprint density at radius 2 is 1.78 bits per heavy atom. The van der Waals surface area contributed by atoms with Crippen LogP contribution < -0.4 is 10.1 Å². The smallest absolute Gasteiger partial charge is 0.406 e. The van der Waals surface area contributed by atoms with Crippen molar-refractivity contribution >= 4 is 23.2 Å². The van der Waals surface area contributed by atoms with Crippen LogP contribution in [0.3, 0.4) is 0 Å². The third-order valence-corrected chi connectivity index (χ3v) is 6.40. The lowest BCUT2D eigenvalue weighted by atomic mass is 10.1. The minimum atomic E-state index is -4.76. The molecule has 0 aliphatic heterocycles. The second-order valence-electron chi connectivity index (χ2n) is 8.88. The molecule has 0 radical (unpaired) electrons. The highest BCUT2D eigenvalue weighted by Crippen LogP contribution is 2.40. The van der Waals surface area contributed by atoms with Gasteiger partial charge in [-0.1, -0.05) is 54.1 Å². The molecule has 4 rings (SSSR count). The van der Waals surface area contributed by atoms with Gasteiger partial charge in [-0.25, -0.2) is 0 Å². The van der Waals surface area contributed by atoms with Crippen molar-refractivity contribution in [1.82, 2.24) is 4.90 Å². The summed E-state index contributed by atoms with van der Waals surface area (Å²) in [4.78, 5) is 15.4. The van der Waals surface area contributed by atoms with Crippen LogP contribution in [0.1, 0.15) is 52.7 Å². The van der Waals surface area contributed by atoms with Gasteiger partial charge in [-0.2, -0.15) is 0 Å². The predicted molar refractivity (Wildman–Crippen MR) is 136 cm³/mol. The molecule has 0 unspecified atom stereocenters. The van der Waals surface area contributed by atoms with Crippen LogP contribution in [0.4, 0.5) is 18.9 Å². The van der Waals surface area contributed by atoms with Gasteiger partial charge in [0.25, 0.3) is 5.91 Å². The topological polar surface area (TPSA) is 41.6 Å². The number of halogens is 4. The summed E-state index contributed by atoms with van der Waals surface area (Å²) in [5.74, 6) is 0.150. The molecular weight excluding hydrogens is 489 g/mol. The quantitative estimate of drug-likeness (QED) is 0.304. The van der Waals surface area contributed by atoms with Crippen LogP contribution in [0.25, 0.3) is 0 Å². The molecule has 36 heavy (non-hydrogen) atoms. The Bertz CT molecular complexity index is 1190. The first-order valence-electron chi connectivity index (χ1n) is 12.0. The van der Waals surface area contributed by atoms with E-state index in [1.807, 2.05) is 19.1 Å². The van der Waals surface area contributed by atoms with Gasteiger partial charge in [-0.15, -0.1) is 13.2 Å². The molecule has 0 spiro atoms. The van der Waals surface area contributed by atoms with Crippen molar-refractivity contribution in [2.45, 2.75) is 45.0 Å². The van der Waals surface area contributed by atoms with Crippen LogP contribution in [0.15, 0.2) is 66.7 Å². The molecule has 0 bridgehead atoms. The molecule has 0 aromatic heterocycles. The van der Waals surface area contributed by atoms with Crippen LogP contribution in [-0.4, -0.2) is 30.3 Å². The third-order valence-electron chi connectivity index (χ3n) is 6.09. The lowest BCUT2D eigenvalue weighted by Gasteiger charge is -2.25. The number of para-hydroxylation sites is 1. The van der Waals surface area contributed by atoms with Crippen LogP contribution in [0.5, 0.6) is 5.75 Å². The van der Waals surface area contributed by atoms with E-state index in [0.717, 1.165) is 5.56 Å². The monoisotopic (exact) mass is 516 g/mol. The zero-order chi connectivity index (χ0) is 25.7. The van der Waals surface area contributed by atoms with Gasteiger partial charge < -0.3 is 15.0 Å². The standard InChI is InChI=1S/C28H28ClF3N2O2/c1-2-33-26-24(7-4-8-25(26)29)27(35)34(18-20-9-11-21(12-10-20)22-13-14-22)16-15-19-5-3-6-23(17-19)36-28(30,31)32/h3-12,17,22,33H,2,13-16,18H2,1H3. The fourth-order valence-electron chi connectivity index (χ4n) is 4.18. The number of carbonyl (C=O) groups is 1. The fourth-order valence-corrected chi connectivity index (χ4v) is 4.42. The number of hydrogen-bond donors (Lipinski definition) is 1. The molecule has 1 N–H and O–H groups in total. The van der Waals surface area contributed by atoms with Gasteiger partial charge in [0.05, 0.1) is 16.3 Å². The number of amides is 1. The molecule has 0 atom stereocenters. The van der Waals surface area contributed by atoms with Crippen molar-refractivity contribution in [3.05, 3.63) is 94.0 Å². The lowest BCUT2D eigenvalue weighted by Crippen LogP contribution is -2.33. The number of rotatable bonds is 10. The number of hydrogen-bond acceptors (Lipinski definition) is 3. The van der Waals surface area contributed by atoms with Crippen molar-refractivity contribution in [1.29, 1.82) is 0 Å². The molecule has 4 nitrogen and oxygen atoms in total. The minimum absolute atomic E-state index is 0.206. The summed E-state index contributed by atoms with van der Waals surface area (Å²) in [5.41, 5.74) is 3.95. The molecule has 1 fully saturated rings. The summed E-state index contributed by atoms with van der Waals surface area (Å²) in [6.45, 7) is 3.18. The van der Waals surface area contributed by atoms with Gasteiger partial charge >= 0.3 is 6.36 Å². The number of carbonyl (C=O) groups excluding carboxylic acids is 1. The first kappa shape index (κ1) is 25.9. The summed E-state index contributed by atoms with van der Waals surface area (Å²) in [6, 6.07) is 19.3. The highest BCUT2D eigenvalue weighted by Gasteiger charge is 2.31. The van der Waals surface area contributed by atoms with Gasteiger partial charge in [-0.3, -0.25) is 4.79 Å². The van der Waals surface area contributed by atoms with E-state index in [4.69, 9.17) is 11.6 Å². The average Bonchev–Trinajstić information content (AvgIpc) is 3.68. The van der Waals surface area contributed by atoms with Crippen molar-refractivity contribution in [3.8, 4) is 5.75 Å². The summed E-state index contributed by atoms with van der Waals surface area (Å²) >= 11 is 6.37. The minimum Gasteiger partial charge on any atom is -0.406 e. The molecule has 0 heterocycles. The molecular formula is C28H28ClF3N2O2. The Kier molecular flexibility index (Phi) is 8.09. The van der Waals surface area contributed by atoms with Crippen molar-refractivity contribution < 1.29 is 22.7 Å². The van der Waals surface area contributed by atoms with Gasteiger partial charge in [0, 0.05) is 19.6 Å². The molecule has 3 aromatic carbocycles. The highest BCUT2D eigenvalue weighted by atomic mass is 35.5. The number of nitrogens with zero attached hydrogens (tertiary/aromatic N) is 1. The Labute approximate surface area is 214 Å².